The first-order chi connectivity index (χ1) is 14.7. The molecule has 1 saturated carbocycles. The first-order valence-corrected chi connectivity index (χ1v) is 10.6. The molecule has 1 amide bonds. The van der Waals surface area contributed by atoms with E-state index in [4.69, 9.17) is 4.74 Å². The summed E-state index contributed by atoms with van der Waals surface area (Å²) in [6.45, 7) is 1.00. The van der Waals surface area contributed by atoms with Crippen LogP contribution in [0.2, 0.25) is 0 Å². The lowest BCUT2D eigenvalue weighted by Crippen LogP contribution is -2.30. The van der Waals surface area contributed by atoms with Crippen LogP contribution in [0.1, 0.15) is 23.7 Å². The molecule has 1 aromatic carbocycles. The highest BCUT2D eigenvalue weighted by Gasteiger charge is 2.31. The van der Waals surface area contributed by atoms with Crippen LogP contribution in [0.4, 0.5) is 4.39 Å². The maximum Gasteiger partial charge on any atom is 0.238 e. The molecule has 0 aliphatic heterocycles. The monoisotopic (exact) mass is 427 g/mol. The van der Waals surface area contributed by atoms with E-state index in [2.05, 4.69) is 20.5 Å². The Labute approximate surface area is 178 Å². The lowest BCUT2D eigenvalue weighted by atomic mass is 10.1. The zero-order chi connectivity index (χ0) is 20.9. The molecule has 0 saturated heterocycles. The molecule has 0 radical (unpaired) electrons. The fourth-order valence-corrected chi connectivity index (χ4v) is 4.07. The fraction of sp³-hybridized carbons (Fsp3) is 0.333. The van der Waals surface area contributed by atoms with E-state index in [1.807, 2.05) is 16.7 Å². The minimum Gasteiger partial charge on any atom is -0.383 e. The van der Waals surface area contributed by atoms with Crippen molar-refractivity contribution in [1.29, 1.82) is 0 Å². The standard InChI is InChI=1S/C21H22FN5O2S/c1-29-13-12-27-19(15-8-10-23-11-9-15)25-26-21(27)30-18(20(28)24-17-6-7-17)14-2-4-16(22)5-3-14/h2-5,8-11,17-18H,6-7,12-13H2,1H3,(H,24,28). The molecule has 9 heteroatoms. The summed E-state index contributed by atoms with van der Waals surface area (Å²) in [5.74, 6) is 0.228. The van der Waals surface area contributed by atoms with Crippen LogP contribution in [-0.4, -0.2) is 45.4 Å². The molecule has 30 heavy (non-hydrogen) atoms. The summed E-state index contributed by atoms with van der Waals surface area (Å²) >= 11 is 1.30. The van der Waals surface area contributed by atoms with Crippen LogP contribution in [0.5, 0.6) is 0 Å². The third-order valence-corrected chi connectivity index (χ3v) is 5.97. The summed E-state index contributed by atoms with van der Waals surface area (Å²) in [6.07, 6.45) is 5.37. The molecule has 0 spiro atoms. The SMILES string of the molecule is COCCn1c(SC(C(=O)NC2CC2)c2ccc(F)cc2)nnc1-c1ccncc1. The highest BCUT2D eigenvalue weighted by molar-refractivity contribution is 8.00. The third kappa shape index (κ3) is 4.85. The predicted octanol–water partition coefficient (Wildman–Crippen LogP) is 3.24. The Morgan fingerprint density at radius 1 is 1.23 bits per heavy atom. The van der Waals surface area contributed by atoms with Crippen molar-refractivity contribution in [3.63, 3.8) is 0 Å². The van der Waals surface area contributed by atoms with Gasteiger partial charge in [0.1, 0.15) is 11.1 Å². The molecule has 1 unspecified atom stereocenters. The Kier molecular flexibility index (Phi) is 6.39. The predicted molar refractivity (Wildman–Crippen MR) is 111 cm³/mol. The first-order valence-electron chi connectivity index (χ1n) is 9.70. The lowest BCUT2D eigenvalue weighted by Gasteiger charge is -2.17. The van der Waals surface area contributed by atoms with Gasteiger partial charge in [-0.1, -0.05) is 23.9 Å². The number of pyridine rings is 1. The van der Waals surface area contributed by atoms with E-state index in [9.17, 15) is 9.18 Å². The van der Waals surface area contributed by atoms with Crippen molar-refractivity contribution in [2.45, 2.75) is 35.8 Å². The second-order valence-electron chi connectivity index (χ2n) is 7.02. The average Bonchev–Trinajstić information content (AvgIpc) is 3.49. The summed E-state index contributed by atoms with van der Waals surface area (Å²) in [5.41, 5.74) is 1.59. The molecule has 1 aliphatic rings. The van der Waals surface area contributed by atoms with Gasteiger partial charge in [0.15, 0.2) is 11.0 Å². The summed E-state index contributed by atoms with van der Waals surface area (Å²) in [5, 5.41) is 11.8. The van der Waals surface area contributed by atoms with E-state index >= 15 is 0 Å². The second kappa shape index (κ2) is 9.36. The van der Waals surface area contributed by atoms with Crippen molar-refractivity contribution in [2.75, 3.05) is 13.7 Å². The molecule has 2 aromatic heterocycles. The Morgan fingerprint density at radius 2 is 1.97 bits per heavy atom. The zero-order valence-corrected chi connectivity index (χ0v) is 17.3. The Balaban J connectivity index is 1.66. The van der Waals surface area contributed by atoms with Gasteiger partial charge in [-0.3, -0.25) is 14.3 Å². The van der Waals surface area contributed by atoms with Gasteiger partial charge in [0.2, 0.25) is 5.91 Å². The molecule has 0 bridgehead atoms. The van der Waals surface area contributed by atoms with E-state index in [1.165, 1.54) is 23.9 Å². The number of carbonyl (C=O) groups excluding carboxylic acids is 1. The third-order valence-electron chi connectivity index (χ3n) is 4.73. The lowest BCUT2D eigenvalue weighted by molar-refractivity contribution is -0.120. The molecular formula is C21H22FN5O2S. The minimum atomic E-state index is -0.568. The van der Waals surface area contributed by atoms with Crippen molar-refractivity contribution < 1.29 is 13.9 Å². The van der Waals surface area contributed by atoms with Crippen LogP contribution < -0.4 is 5.32 Å². The number of hydrogen-bond acceptors (Lipinski definition) is 6. The van der Waals surface area contributed by atoms with Gasteiger partial charge in [0.25, 0.3) is 0 Å². The zero-order valence-electron chi connectivity index (χ0n) is 16.5. The second-order valence-corrected chi connectivity index (χ2v) is 8.09. The van der Waals surface area contributed by atoms with Crippen molar-refractivity contribution in [3.8, 4) is 11.4 Å². The van der Waals surface area contributed by atoms with E-state index < -0.39 is 5.25 Å². The van der Waals surface area contributed by atoms with Gasteiger partial charge in [-0.05, 0) is 42.7 Å². The summed E-state index contributed by atoms with van der Waals surface area (Å²) in [6, 6.07) is 9.95. The molecule has 1 aliphatic carbocycles. The summed E-state index contributed by atoms with van der Waals surface area (Å²) in [4.78, 5) is 17.0. The van der Waals surface area contributed by atoms with Crippen molar-refractivity contribution in [3.05, 3.63) is 60.2 Å². The number of benzene rings is 1. The van der Waals surface area contributed by atoms with Gasteiger partial charge in [-0.2, -0.15) is 0 Å². The number of carbonyl (C=O) groups is 1. The number of nitrogens with zero attached hydrogens (tertiary/aromatic N) is 4. The number of aromatic nitrogens is 4. The highest BCUT2D eigenvalue weighted by atomic mass is 32.2. The van der Waals surface area contributed by atoms with E-state index in [0.717, 1.165) is 18.4 Å². The van der Waals surface area contributed by atoms with Gasteiger partial charge in [-0.25, -0.2) is 4.39 Å². The number of halogens is 1. The van der Waals surface area contributed by atoms with Crippen molar-refractivity contribution in [2.24, 2.45) is 0 Å². The molecule has 156 valence electrons. The highest BCUT2D eigenvalue weighted by Crippen LogP contribution is 2.37. The van der Waals surface area contributed by atoms with Crippen LogP contribution in [-0.2, 0) is 16.1 Å². The maximum atomic E-state index is 13.4. The molecular weight excluding hydrogens is 405 g/mol. The number of amides is 1. The molecule has 3 aromatic rings. The van der Waals surface area contributed by atoms with Gasteiger partial charge in [0, 0.05) is 31.1 Å². The Bertz CT molecular complexity index is 992. The quantitative estimate of drug-likeness (QED) is 0.528. The van der Waals surface area contributed by atoms with Crippen LogP contribution >= 0.6 is 11.8 Å². The van der Waals surface area contributed by atoms with Crippen LogP contribution in [0.15, 0.2) is 53.9 Å². The average molecular weight is 428 g/mol. The van der Waals surface area contributed by atoms with Crippen LogP contribution in [0, 0.1) is 5.82 Å². The number of hydrogen-bond donors (Lipinski definition) is 1. The summed E-state index contributed by atoms with van der Waals surface area (Å²) < 4.78 is 20.6. The number of thioether (sulfide) groups is 1. The number of methoxy groups -OCH3 is 1. The fourth-order valence-electron chi connectivity index (χ4n) is 3.00. The molecule has 1 atom stereocenters. The van der Waals surface area contributed by atoms with Gasteiger partial charge >= 0.3 is 0 Å². The normalized spacial score (nSPS) is 14.5. The van der Waals surface area contributed by atoms with E-state index in [0.29, 0.717) is 29.7 Å². The molecule has 1 N–H and O–H groups in total. The van der Waals surface area contributed by atoms with Crippen LogP contribution in [0.3, 0.4) is 0 Å². The summed E-state index contributed by atoms with van der Waals surface area (Å²) in [7, 11) is 1.63. The van der Waals surface area contributed by atoms with Gasteiger partial charge < -0.3 is 10.1 Å². The number of nitrogens with one attached hydrogen (secondary N) is 1. The molecule has 4 rings (SSSR count). The van der Waals surface area contributed by atoms with Crippen molar-refractivity contribution >= 4 is 17.7 Å². The van der Waals surface area contributed by atoms with Crippen molar-refractivity contribution in [1.82, 2.24) is 25.1 Å². The maximum absolute atomic E-state index is 13.4. The van der Waals surface area contributed by atoms with Gasteiger partial charge in [-0.15, -0.1) is 10.2 Å². The molecule has 7 nitrogen and oxygen atoms in total. The largest absolute Gasteiger partial charge is 0.383 e. The van der Waals surface area contributed by atoms with Gasteiger partial charge in [0.05, 0.1) is 13.2 Å². The number of ether oxygens (including phenoxy) is 1. The first kappa shape index (κ1) is 20.5. The Morgan fingerprint density at radius 3 is 2.63 bits per heavy atom. The molecule has 2 heterocycles. The smallest absolute Gasteiger partial charge is 0.238 e. The van der Waals surface area contributed by atoms with E-state index in [1.54, 1.807) is 31.6 Å². The Hall–Kier alpha value is -2.78. The minimum absolute atomic E-state index is 0.110. The topological polar surface area (TPSA) is 81.9 Å². The number of rotatable bonds is 9. The van der Waals surface area contributed by atoms with Crippen LogP contribution in [0.25, 0.3) is 11.4 Å². The van der Waals surface area contributed by atoms with E-state index in [-0.39, 0.29) is 17.8 Å². The molecule has 1 fully saturated rings.